The summed E-state index contributed by atoms with van der Waals surface area (Å²) < 4.78 is 41.5. The van der Waals surface area contributed by atoms with Crippen LogP contribution in [0.1, 0.15) is 6.92 Å². The van der Waals surface area contributed by atoms with Gasteiger partial charge in [0.2, 0.25) is 0 Å². The van der Waals surface area contributed by atoms with Crippen molar-refractivity contribution < 1.29 is 27.8 Å². The molecule has 1 aliphatic rings. The maximum absolute atomic E-state index is 12.2. The summed E-state index contributed by atoms with van der Waals surface area (Å²) in [4.78, 5) is 11.5. The van der Waals surface area contributed by atoms with Crippen molar-refractivity contribution in [3.05, 3.63) is 0 Å². The highest BCUT2D eigenvalue weighted by atomic mass is 19.4. The SMILES string of the molecule is [B][C@H]1[C@H](OC)[C@H](O)[C@@H](C)N1C(=O)C(F)(F)F. The first-order valence-corrected chi connectivity index (χ1v) is 4.57. The van der Waals surface area contributed by atoms with E-state index in [1.54, 1.807) is 0 Å². The number of carbonyl (C=O) groups excluding carboxylic acids is 1. The Kier molecular flexibility index (Phi) is 3.54. The summed E-state index contributed by atoms with van der Waals surface area (Å²) in [6, 6.07) is -1.03. The lowest BCUT2D eigenvalue weighted by atomic mass is 9.90. The van der Waals surface area contributed by atoms with Crippen molar-refractivity contribution >= 4 is 13.8 Å². The molecule has 1 aliphatic heterocycles. The van der Waals surface area contributed by atoms with Crippen LogP contribution in [0.2, 0.25) is 0 Å². The van der Waals surface area contributed by atoms with Crippen LogP contribution >= 0.6 is 0 Å². The minimum atomic E-state index is -5.01. The van der Waals surface area contributed by atoms with Crippen molar-refractivity contribution in [2.75, 3.05) is 7.11 Å². The van der Waals surface area contributed by atoms with Gasteiger partial charge in [-0.15, -0.1) is 0 Å². The van der Waals surface area contributed by atoms with Crippen LogP contribution in [0.3, 0.4) is 0 Å². The molecule has 0 saturated carbocycles. The molecule has 0 aromatic heterocycles. The zero-order valence-electron chi connectivity index (χ0n) is 8.73. The largest absolute Gasteiger partial charge is 0.471 e. The molecule has 1 amide bonds. The molecule has 0 bridgehead atoms. The third-order valence-corrected chi connectivity index (χ3v) is 2.68. The predicted octanol–water partition coefficient (Wildman–Crippen LogP) is -0.350. The van der Waals surface area contributed by atoms with Gasteiger partial charge in [-0.3, -0.25) is 4.79 Å². The van der Waals surface area contributed by atoms with Crippen molar-refractivity contribution in [3.63, 3.8) is 0 Å². The Bertz CT molecular complexity index is 286. The van der Waals surface area contributed by atoms with Crippen molar-refractivity contribution in [1.82, 2.24) is 4.90 Å². The topological polar surface area (TPSA) is 49.8 Å². The Morgan fingerprint density at radius 3 is 2.31 bits per heavy atom. The molecule has 1 rings (SSSR count). The van der Waals surface area contributed by atoms with Gasteiger partial charge in [-0.2, -0.15) is 13.2 Å². The molecule has 0 aromatic rings. The van der Waals surface area contributed by atoms with Crippen molar-refractivity contribution in [2.45, 2.75) is 37.3 Å². The second-order valence-electron chi connectivity index (χ2n) is 3.63. The fourth-order valence-electron chi connectivity index (χ4n) is 1.82. The molecule has 8 heteroatoms. The molecule has 90 valence electrons. The van der Waals surface area contributed by atoms with E-state index in [1.165, 1.54) is 14.0 Å². The van der Waals surface area contributed by atoms with E-state index in [0.29, 0.717) is 4.90 Å². The molecule has 1 fully saturated rings. The molecule has 1 heterocycles. The van der Waals surface area contributed by atoms with Crippen LogP contribution in [-0.4, -0.2) is 61.2 Å². The normalized spacial score (nSPS) is 35.5. The number of carbonyl (C=O) groups is 1. The Balaban J connectivity index is 2.94. The van der Waals surface area contributed by atoms with Crippen LogP contribution in [0.4, 0.5) is 13.2 Å². The molecular formula is C8H11BF3NO3. The van der Waals surface area contributed by atoms with Gasteiger partial charge in [0, 0.05) is 13.1 Å². The highest BCUT2D eigenvalue weighted by Gasteiger charge is 2.53. The molecule has 0 aromatic carbocycles. The summed E-state index contributed by atoms with van der Waals surface area (Å²) in [6.07, 6.45) is -7.25. The monoisotopic (exact) mass is 237 g/mol. The lowest BCUT2D eigenvalue weighted by molar-refractivity contribution is -0.187. The molecule has 1 N–H and O–H groups in total. The summed E-state index contributed by atoms with van der Waals surface area (Å²) in [6.45, 7) is 1.28. The number of aliphatic hydroxyl groups excluding tert-OH is 1. The van der Waals surface area contributed by atoms with Crippen molar-refractivity contribution in [2.24, 2.45) is 0 Å². The average molecular weight is 237 g/mol. The number of hydrogen-bond acceptors (Lipinski definition) is 3. The van der Waals surface area contributed by atoms with E-state index in [-0.39, 0.29) is 0 Å². The van der Waals surface area contributed by atoms with Crippen LogP contribution in [-0.2, 0) is 9.53 Å². The van der Waals surface area contributed by atoms with Gasteiger partial charge in [-0.25, -0.2) is 0 Å². The molecule has 16 heavy (non-hydrogen) atoms. The van der Waals surface area contributed by atoms with E-state index >= 15 is 0 Å². The standard InChI is InChI=1S/C8H11BF3NO3/c1-3-4(14)5(16-2)6(9)13(3)7(15)8(10,11)12/h3-6,14H,1-2H3/t3-,4-,5-,6-/m1/s1. The first kappa shape index (κ1) is 13.3. The maximum Gasteiger partial charge on any atom is 0.471 e. The number of aliphatic hydroxyl groups is 1. The summed E-state index contributed by atoms with van der Waals surface area (Å²) in [5, 5.41) is 9.55. The lowest BCUT2D eigenvalue weighted by Gasteiger charge is -2.27. The number of alkyl halides is 3. The fraction of sp³-hybridized carbons (Fsp3) is 0.875. The first-order chi connectivity index (χ1) is 7.21. The van der Waals surface area contributed by atoms with Crippen LogP contribution in [0.5, 0.6) is 0 Å². The van der Waals surface area contributed by atoms with Gasteiger partial charge in [0.25, 0.3) is 0 Å². The number of nitrogens with zero attached hydrogens (tertiary/aromatic N) is 1. The van der Waals surface area contributed by atoms with Crippen LogP contribution in [0.25, 0.3) is 0 Å². The summed E-state index contributed by atoms with van der Waals surface area (Å²) >= 11 is 0. The van der Waals surface area contributed by atoms with Crippen LogP contribution in [0.15, 0.2) is 0 Å². The van der Waals surface area contributed by atoms with E-state index in [1.807, 2.05) is 0 Å². The van der Waals surface area contributed by atoms with Gasteiger partial charge in [0.05, 0.1) is 12.1 Å². The molecule has 0 unspecified atom stereocenters. The lowest BCUT2D eigenvalue weighted by Crippen LogP contribution is -2.49. The second-order valence-corrected chi connectivity index (χ2v) is 3.63. The van der Waals surface area contributed by atoms with E-state index in [2.05, 4.69) is 0 Å². The summed E-state index contributed by atoms with van der Waals surface area (Å²) in [5.41, 5.74) is 0. The second kappa shape index (κ2) is 4.25. The molecule has 0 spiro atoms. The van der Waals surface area contributed by atoms with Gasteiger partial charge in [-0.1, -0.05) is 0 Å². The number of likely N-dealkylation sites (tertiary alicyclic amines) is 1. The molecule has 1 saturated heterocycles. The Hall–Kier alpha value is -0.755. The molecule has 2 radical (unpaired) electrons. The van der Waals surface area contributed by atoms with Crippen LogP contribution < -0.4 is 0 Å². The summed E-state index contributed by atoms with van der Waals surface area (Å²) in [7, 11) is 6.64. The molecule has 4 nitrogen and oxygen atoms in total. The van der Waals surface area contributed by atoms with E-state index in [4.69, 9.17) is 12.6 Å². The van der Waals surface area contributed by atoms with Crippen molar-refractivity contribution in [3.8, 4) is 0 Å². The van der Waals surface area contributed by atoms with Gasteiger partial charge in [0.1, 0.15) is 14.0 Å². The highest BCUT2D eigenvalue weighted by molar-refractivity contribution is 6.14. The zero-order valence-corrected chi connectivity index (χ0v) is 8.73. The Morgan fingerprint density at radius 2 is 2.00 bits per heavy atom. The quantitative estimate of drug-likeness (QED) is 0.634. The number of amides is 1. The first-order valence-electron chi connectivity index (χ1n) is 4.57. The fourth-order valence-corrected chi connectivity index (χ4v) is 1.82. The number of ether oxygens (including phenoxy) is 1. The third-order valence-electron chi connectivity index (χ3n) is 2.68. The van der Waals surface area contributed by atoms with Gasteiger partial charge in [0.15, 0.2) is 0 Å². The minimum Gasteiger partial charge on any atom is -0.388 e. The number of halogens is 3. The number of methoxy groups -OCH3 is 1. The molecular weight excluding hydrogens is 226 g/mol. The molecule has 0 aliphatic carbocycles. The number of hydrogen-bond donors (Lipinski definition) is 1. The van der Waals surface area contributed by atoms with Crippen molar-refractivity contribution in [1.29, 1.82) is 0 Å². The van der Waals surface area contributed by atoms with E-state index in [0.717, 1.165) is 0 Å². The Labute approximate surface area is 91.8 Å². The van der Waals surface area contributed by atoms with E-state index < -0.39 is 36.3 Å². The van der Waals surface area contributed by atoms with Gasteiger partial charge in [-0.05, 0) is 6.92 Å². The average Bonchev–Trinajstić information content (AvgIpc) is 2.36. The predicted molar refractivity (Wildman–Crippen MR) is 48.7 cm³/mol. The van der Waals surface area contributed by atoms with E-state index in [9.17, 15) is 23.1 Å². The number of rotatable bonds is 1. The highest BCUT2D eigenvalue weighted by Crippen LogP contribution is 2.30. The van der Waals surface area contributed by atoms with Gasteiger partial charge >= 0.3 is 12.1 Å². The molecule has 4 atom stereocenters. The summed E-state index contributed by atoms with van der Waals surface area (Å²) in [5.74, 6) is -3.37. The smallest absolute Gasteiger partial charge is 0.388 e. The maximum atomic E-state index is 12.2. The third kappa shape index (κ3) is 2.03. The zero-order chi connectivity index (χ0) is 12.7. The Morgan fingerprint density at radius 1 is 1.50 bits per heavy atom. The minimum absolute atomic E-state index is 0.402. The van der Waals surface area contributed by atoms with Crippen LogP contribution in [0, 0.1) is 0 Å². The van der Waals surface area contributed by atoms with Gasteiger partial charge < -0.3 is 14.7 Å².